The first kappa shape index (κ1) is 16.9. The van der Waals surface area contributed by atoms with Crippen molar-refractivity contribution in [2.75, 3.05) is 40.5 Å². The van der Waals surface area contributed by atoms with E-state index in [1.807, 2.05) is 0 Å². The van der Waals surface area contributed by atoms with E-state index in [-0.39, 0.29) is 12.3 Å². The van der Waals surface area contributed by atoms with Gasteiger partial charge in [0.1, 0.15) is 0 Å². The summed E-state index contributed by atoms with van der Waals surface area (Å²) in [4.78, 5) is 25.5. The van der Waals surface area contributed by atoms with Gasteiger partial charge in [0.15, 0.2) is 0 Å². The second-order valence-corrected chi connectivity index (χ2v) is 5.34. The molecule has 0 atom stereocenters. The Balaban J connectivity index is 2.65. The van der Waals surface area contributed by atoms with Crippen LogP contribution in [0.4, 0.5) is 0 Å². The van der Waals surface area contributed by atoms with Crippen LogP contribution in [0, 0.1) is 5.41 Å². The molecule has 0 spiro atoms. The Hall–Kier alpha value is -1.14. The number of carbonyl (C=O) groups excluding carboxylic acids is 1. The lowest BCUT2D eigenvalue weighted by Gasteiger charge is -2.28. The number of nitrogens with zero attached hydrogens (tertiary/aromatic N) is 1. The Kier molecular flexibility index (Phi) is 6.95. The van der Waals surface area contributed by atoms with Gasteiger partial charge in [0.25, 0.3) is 0 Å². The Labute approximate surface area is 120 Å². The topological polar surface area (TPSA) is 76.1 Å². The average Bonchev–Trinajstić information content (AvgIpc) is 2.88. The number of hydrogen-bond acceptors (Lipinski definition) is 4. The van der Waals surface area contributed by atoms with Crippen molar-refractivity contribution in [3.05, 3.63) is 0 Å². The number of methoxy groups -OCH3 is 2. The quantitative estimate of drug-likeness (QED) is 0.688. The maximum Gasteiger partial charge on any atom is 0.310 e. The standard InChI is InChI=1S/C14H25NO5/c1-19-9-7-15(8-10-20-2)12(16)11-14(13(17)18)5-3-4-6-14/h3-11H2,1-2H3,(H,17,18). The Morgan fingerprint density at radius 2 is 1.60 bits per heavy atom. The van der Waals surface area contributed by atoms with Gasteiger partial charge in [-0.25, -0.2) is 0 Å². The van der Waals surface area contributed by atoms with Crippen molar-refractivity contribution in [1.82, 2.24) is 4.90 Å². The van der Waals surface area contributed by atoms with E-state index < -0.39 is 11.4 Å². The molecule has 0 radical (unpaired) electrons. The predicted molar refractivity (Wildman–Crippen MR) is 73.5 cm³/mol. The van der Waals surface area contributed by atoms with E-state index in [1.165, 1.54) is 0 Å². The highest BCUT2D eigenvalue weighted by Gasteiger charge is 2.43. The molecule has 0 heterocycles. The second kappa shape index (κ2) is 8.21. The van der Waals surface area contributed by atoms with Gasteiger partial charge in [-0.05, 0) is 12.8 Å². The lowest BCUT2D eigenvalue weighted by molar-refractivity contribution is -0.153. The molecule has 0 aromatic rings. The summed E-state index contributed by atoms with van der Waals surface area (Å²) in [7, 11) is 3.16. The maximum absolute atomic E-state index is 12.4. The van der Waals surface area contributed by atoms with Gasteiger partial charge in [-0.1, -0.05) is 12.8 Å². The van der Waals surface area contributed by atoms with Crippen molar-refractivity contribution in [2.24, 2.45) is 5.41 Å². The summed E-state index contributed by atoms with van der Waals surface area (Å²) < 4.78 is 9.99. The molecule has 0 bridgehead atoms. The van der Waals surface area contributed by atoms with Gasteiger partial charge in [-0.2, -0.15) is 0 Å². The first-order valence-electron chi connectivity index (χ1n) is 7.05. The van der Waals surface area contributed by atoms with E-state index in [4.69, 9.17) is 9.47 Å². The minimum Gasteiger partial charge on any atom is -0.481 e. The second-order valence-electron chi connectivity index (χ2n) is 5.34. The van der Waals surface area contributed by atoms with E-state index in [9.17, 15) is 14.7 Å². The van der Waals surface area contributed by atoms with Crippen LogP contribution in [0.15, 0.2) is 0 Å². The summed E-state index contributed by atoms with van der Waals surface area (Å²) in [5.74, 6) is -0.967. The lowest BCUT2D eigenvalue weighted by Crippen LogP contribution is -2.41. The van der Waals surface area contributed by atoms with Crippen LogP contribution in [0.5, 0.6) is 0 Å². The molecule has 1 rings (SSSR count). The number of carboxylic acid groups (broad SMARTS) is 1. The molecular weight excluding hydrogens is 262 g/mol. The number of carboxylic acids is 1. The zero-order valence-corrected chi connectivity index (χ0v) is 12.4. The van der Waals surface area contributed by atoms with Crippen molar-refractivity contribution in [3.8, 4) is 0 Å². The molecule has 0 aromatic carbocycles. The third-order valence-electron chi connectivity index (χ3n) is 3.99. The summed E-state index contributed by atoms with van der Waals surface area (Å²) in [6.45, 7) is 1.81. The number of carbonyl (C=O) groups is 2. The number of rotatable bonds is 9. The van der Waals surface area contributed by atoms with Crippen molar-refractivity contribution in [2.45, 2.75) is 32.1 Å². The minimum absolute atomic E-state index is 0.0791. The van der Waals surface area contributed by atoms with E-state index in [0.717, 1.165) is 12.8 Å². The molecule has 20 heavy (non-hydrogen) atoms. The highest BCUT2D eigenvalue weighted by atomic mass is 16.5. The Morgan fingerprint density at radius 3 is 2.00 bits per heavy atom. The molecule has 1 amide bonds. The first-order valence-corrected chi connectivity index (χ1v) is 7.05. The molecule has 0 aliphatic heterocycles. The SMILES string of the molecule is COCCN(CCOC)C(=O)CC1(C(=O)O)CCCC1. The smallest absolute Gasteiger partial charge is 0.310 e. The molecule has 116 valence electrons. The summed E-state index contributed by atoms with van der Waals surface area (Å²) >= 11 is 0. The third-order valence-corrected chi connectivity index (χ3v) is 3.99. The van der Waals surface area contributed by atoms with Crippen LogP contribution in [0.1, 0.15) is 32.1 Å². The Bertz CT molecular complexity index is 318. The van der Waals surface area contributed by atoms with Crippen molar-refractivity contribution in [3.63, 3.8) is 0 Å². The van der Waals surface area contributed by atoms with Gasteiger partial charge in [0.05, 0.1) is 18.6 Å². The minimum atomic E-state index is -0.866. The van der Waals surface area contributed by atoms with Crippen LogP contribution < -0.4 is 0 Å². The molecule has 1 saturated carbocycles. The zero-order valence-electron chi connectivity index (χ0n) is 12.4. The molecule has 1 aliphatic rings. The van der Waals surface area contributed by atoms with E-state index in [0.29, 0.717) is 39.1 Å². The van der Waals surface area contributed by atoms with Crippen LogP contribution in [0.25, 0.3) is 0 Å². The van der Waals surface area contributed by atoms with Crippen molar-refractivity contribution >= 4 is 11.9 Å². The molecule has 1 N–H and O–H groups in total. The van der Waals surface area contributed by atoms with Crippen LogP contribution in [0.2, 0.25) is 0 Å². The van der Waals surface area contributed by atoms with E-state index >= 15 is 0 Å². The maximum atomic E-state index is 12.4. The predicted octanol–water partition coefficient (Wildman–Crippen LogP) is 1.14. The van der Waals surface area contributed by atoms with Crippen LogP contribution in [-0.4, -0.2) is 62.4 Å². The average molecular weight is 287 g/mol. The van der Waals surface area contributed by atoms with Crippen LogP contribution in [0.3, 0.4) is 0 Å². The molecule has 1 fully saturated rings. The van der Waals surface area contributed by atoms with Gasteiger partial charge in [0, 0.05) is 33.7 Å². The number of amides is 1. The van der Waals surface area contributed by atoms with Gasteiger partial charge in [-0.15, -0.1) is 0 Å². The lowest BCUT2D eigenvalue weighted by atomic mass is 9.82. The monoisotopic (exact) mass is 287 g/mol. The zero-order chi connectivity index (χ0) is 15.0. The molecule has 6 heteroatoms. The van der Waals surface area contributed by atoms with Gasteiger partial charge < -0.3 is 19.5 Å². The summed E-state index contributed by atoms with van der Waals surface area (Å²) in [5.41, 5.74) is -0.866. The van der Waals surface area contributed by atoms with Crippen LogP contribution in [-0.2, 0) is 19.1 Å². The molecule has 1 aliphatic carbocycles. The highest BCUT2D eigenvalue weighted by Crippen LogP contribution is 2.41. The van der Waals surface area contributed by atoms with Gasteiger partial charge in [-0.3, -0.25) is 9.59 Å². The van der Waals surface area contributed by atoms with Crippen molar-refractivity contribution < 1.29 is 24.2 Å². The number of hydrogen-bond donors (Lipinski definition) is 1. The Morgan fingerprint density at radius 1 is 1.10 bits per heavy atom. The normalized spacial score (nSPS) is 17.1. The number of ether oxygens (including phenoxy) is 2. The van der Waals surface area contributed by atoms with E-state index in [1.54, 1.807) is 19.1 Å². The van der Waals surface area contributed by atoms with E-state index in [2.05, 4.69) is 0 Å². The van der Waals surface area contributed by atoms with Crippen molar-refractivity contribution in [1.29, 1.82) is 0 Å². The fraction of sp³-hybridized carbons (Fsp3) is 0.857. The molecule has 0 unspecified atom stereocenters. The largest absolute Gasteiger partial charge is 0.481 e. The fourth-order valence-corrected chi connectivity index (χ4v) is 2.68. The molecule has 0 saturated heterocycles. The molecule has 6 nitrogen and oxygen atoms in total. The summed E-state index contributed by atoms with van der Waals surface area (Å²) in [6.07, 6.45) is 3.04. The van der Waals surface area contributed by atoms with Gasteiger partial charge >= 0.3 is 5.97 Å². The number of aliphatic carboxylic acids is 1. The third kappa shape index (κ3) is 4.45. The molecule has 0 aromatic heterocycles. The van der Waals surface area contributed by atoms with Gasteiger partial charge in [0.2, 0.25) is 5.91 Å². The molecular formula is C14H25NO5. The fourth-order valence-electron chi connectivity index (χ4n) is 2.68. The summed E-state index contributed by atoms with van der Waals surface area (Å²) in [6, 6.07) is 0. The van der Waals surface area contributed by atoms with Crippen LogP contribution >= 0.6 is 0 Å². The first-order chi connectivity index (χ1) is 9.55. The summed E-state index contributed by atoms with van der Waals surface area (Å²) in [5, 5.41) is 9.43. The highest BCUT2D eigenvalue weighted by molar-refractivity contribution is 5.85.